The van der Waals surface area contributed by atoms with Gasteiger partial charge < -0.3 is 15.0 Å². The Balaban J connectivity index is 0.00000243. The van der Waals surface area contributed by atoms with Gasteiger partial charge in [-0.3, -0.25) is 4.99 Å². The van der Waals surface area contributed by atoms with Crippen LogP contribution < -0.4 is 10.6 Å². The van der Waals surface area contributed by atoms with E-state index in [2.05, 4.69) is 58.3 Å². The summed E-state index contributed by atoms with van der Waals surface area (Å²) in [5.41, 5.74) is 3.31. The van der Waals surface area contributed by atoms with Crippen LogP contribution in [0.5, 0.6) is 0 Å². The van der Waals surface area contributed by atoms with Crippen LogP contribution in [0.1, 0.15) is 27.9 Å². The molecule has 0 fully saturated rings. The van der Waals surface area contributed by atoms with Crippen molar-refractivity contribution in [3.8, 4) is 0 Å². The predicted molar refractivity (Wildman–Crippen MR) is 121 cm³/mol. The number of nitrogens with zero attached hydrogens (tertiary/aromatic N) is 3. The maximum Gasteiger partial charge on any atom is 0.191 e. The number of fused-ring (bicyclic) bond motifs is 1. The summed E-state index contributed by atoms with van der Waals surface area (Å²) in [4.78, 5) is 11.7. The summed E-state index contributed by atoms with van der Waals surface area (Å²) in [7, 11) is 1.80. The molecule has 0 unspecified atom stereocenters. The lowest BCUT2D eigenvalue weighted by molar-refractivity contribution is 0.791. The van der Waals surface area contributed by atoms with Crippen LogP contribution in [0, 0.1) is 6.92 Å². The van der Waals surface area contributed by atoms with E-state index in [0.717, 1.165) is 43.2 Å². The number of pyridine rings is 1. The highest BCUT2D eigenvalue weighted by Gasteiger charge is 2.05. The van der Waals surface area contributed by atoms with Gasteiger partial charge in [-0.25, -0.2) is 4.98 Å². The number of rotatable bonds is 6. The molecule has 3 heterocycles. The van der Waals surface area contributed by atoms with Crippen molar-refractivity contribution in [2.75, 3.05) is 13.6 Å². The second kappa shape index (κ2) is 9.91. The molecular weight excluding hydrogens is 457 g/mol. The largest absolute Gasteiger partial charge is 0.356 e. The van der Waals surface area contributed by atoms with Gasteiger partial charge in [0.15, 0.2) is 5.96 Å². The first kappa shape index (κ1) is 20.7. The molecule has 2 N–H and O–H groups in total. The lowest BCUT2D eigenvalue weighted by Crippen LogP contribution is -2.37. The number of hydrogen-bond donors (Lipinski definition) is 2. The van der Waals surface area contributed by atoms with Gasteiger partial charge in [0, 0.05) is 42.2 Å². The fraction of sp³-hybridized carbons (Fsp3) is 0.368. The minimum Gasteiger partial charge on any atom is -0.356 e. The third-order valence-corrected chi connectivity index (χ3v) is 5.35. The zero-order chi connectivity index (χ0) is 17.6. The standard InChI is InChI=1S/C19H25N5S.HI/c1-4-16-7-8-17(25-16)12-22-19(20-3)21-10-9-15-13-24-11-5-6-14(2)18(24)23-15;/h5-8,11,13H,4,9-10,12H2,1-3H3,(H2,20,21,22);1H. The highest BCUT2D eigenvalue weighted by atomic mass is 127. The van der Waals surface area contributed by atoms with Gasteiger partial charge >= 0.3 is 0 Å². The Morgan fingerprint density at radius 2 is 2.04 bits per heavy atom. The molecular formula is C19H26IN5S. The van der Waals surface area contributed by atoms with Crippen LogP contribution in [0.2, 0.25) is 0 Å². The molecule has 140 valence electrons. The lowest BCUT2D eigenvalue weighted by atomic mass is 10.3. The molecule has 0 saturated heterocycles. The van der Waals surface area contributed by atoms with Crippen LogP contribution in [-0.4, -0.2) is 28.9 Å². The van der Waals surface area contributed by atoms with Crippen LogP contribution in [0.25, 0.3) is 5.65 Å². The summed E-state index contributed by atoms with van der Waals surface area (Å²) < 4.78 is 2.08. The molecule has 0 saturated carbocycles. The molecule has 7 heteroatoms. The molecule has 5 nitrogen and oxygen atoms in total. The second-order valence-electron chi connectivity index (χ2n) is 5.98. The third-order valence-electron chi connectivity index (χ3n) is 4.12. The number of guanidine groups is 1. The van der Waals surface area contributed by atoms with E-state index < -0.39 is 0 Å². The summed E-state index contributed by atoms with van der Waals surface area (Å²) >= 11 is 1.85. The Kier molecular flexibility index (Phi) is 7.89. The van der Waals surface area contributed by atoms with Crippen LogP contribution in [0.4, 0.5) is 0 Å². The molecule has 0 aliphatic carbocycles. The number of halogens is 1. The molecule has 3 aromatic heterocycles. The van der Waals surface area contributed by atoms with Crippen LogP contribution in [0.3, 0.4) is 0 Å². The number of aryl methyl sites for hydroxylation is 2. The van der Waals surface area contributed by atoms with E-state index in [9.17, 15) is 0 Å². The molecule has 0 radical (unpaired) electrons. The molecule has 26 heavy (non-hydrogen) atoms. The van der Waals surface area contributed by atoms with Crippen molar-refractivity contribution >= 4 is 46.9 Å². The minimum absolute atomic E-state index is 0. The first-order valence-electron chi connectivity index (χ1n) is 8.65. The van der Waals surface area contributed by atoms with Gasteiger partial charge in [0.1, 0.15) is 5.65 Å². The molecule has 0 spiro atoms. The summed E-state index contributed by atoms with van der Waals surface area (Å²) in [5.74, 6) is 0.825. The SMILES string of the molecule is CCc1ccc(CNC(=NC)NCCc2cn3cccc(C)c3n2)s1.I. The number of thiophene rings is 1. The third kappa shape index (κ3) is 5.20. The molecule has 0 atom stereocenters. The number of hydrogen-bond acceptors (Lipinski definition) is 3. The molecule has 0 amide bonds. The Bertz CT molecular complexity index is 868. The molecule has 0 aliphatic heterocycles. The predicted octanol–water partition coefficient (Wildman–Crippen LogP) is 3.79. The summed E-state index contributed by atoms with van der Waals surface area (Å²) in [6.45, 7) is 5.88. The normalized spacial score (nSPS) is 11.4. The van der Waals surface area contributed by atoms with Crippen molar-refractivity contribution in [3.63, 3.8) is 0 Å². The molecule has 0 aliphatic rings. The van der Waals surface area contributed by atoms with Crippen molar-refractivity contribution in [1.29, 1.82) is 0 Å². The topological polar surface area (TPSA) is 53.7 Å². The second-order valence-corrected chi connectivity index (χ2v) is 7.23. The van der Waals surface area contributed by atoms with Crippen molar-refractivity contribution in [3.05, 3.63) is 57.7 Å². The number of nitrogens with one attached hydrogen (secondary N) is 2. The van der Waals surface area contributed by atoms with Gasteiger partial charge in [0.05, 0.1) is 12.2 Å². The fourth-order valence-electron chi connectivity index (χ4n) is 2.73. The summed E-state index contributed by atoms with van der Waals surface area (Å²) in [5, 5.41) is 6.73. The monoisotopic (exact) mass is 483 g/mol. The highest BCUT2D eigenvalue weighted by Crippen LogP contribution is 2.16. The van der Waals surface area contributed by atoms with Crippen LogP contribution in [0.15, 0.2) is 41.7 Å². The van der Waals surface area contributed by atoms with Crippen molar-refractivity contribution in [2.24, 2.45) is 4.99 Å². The van der Waals surface area contributed by atoms with Crippen molar-refractivity contribution in [2.45, 2.75) is 33.2 Å². The number of imidazole rings is 1. The van der Waals surface area contributed by atoms with Crippen LogP contribution >= 0.6 is 35.3 Å². The van der Waals surface area contributed by atoms with Gasteiger partial charge in [0.2, 0.25) is 0 Å². The maximum atomic E-state index is 4.71. The average Bonchev–Trinajstić information content (AvgIpc) is 3.25. The first-order chi connectivity index (χ1) is 12.2. The van der Waals surface area contributed by atoms with Gasteiger partial charge in [-0.2, -0.15) is 0 Å². The lowest BCUT2D eigenvalue weighted by Gasteiger charge is -2.10. The zero-order valence-corrected chi connectivity index (χ0v) is 18.6. The average molecular weight is 483 g/mol. The van der Waals surface area contributed by atoms with E-state index >= 15 is 0 Å². The fourth-order valence-corrected chi connectivity index (χ4v) is 3.63. The van der Waals surface area contributed by atoms with E-state index in [1.807, 2.05) is 23.6 Å². The maximum absolute atomic E-state index is 4.71. The quantitative estimate of drug-likeness (QED) is 0.319. The molecule has 3 rings (SSSR count). The Morgan fingerprint density at radius 1 is 1.23 bits per heavy atom. The van der Waals surface area contributed by atoms with E-state index in [1.54, 1.807) is 7.05 Å². The van der Waals surface area contributed by atoms with E-state index in [1.165, 1.54) is 15.3 Å². The Labute approximate surface area is 176 Å². The summed E-state index contributed by atoms with van der Waals surface area (Å²) in [6, 6.07) is 8.52. The number of aromatic nitrogens is 2. The van der Waals surface area contributed by atoms with Gasteiger partial charge in [-0.15, -0.1) is 35.3 Å². The van der Waals surface area contributed by atoms with Gasteiger partial charge in [-0.1, -0.05) is 13.0 Å². The van der Waals surface area contributed by atoms with E-state index in [4.69, 9.17) is 4.98 Å². The van der Waals surface area contributed by atoms with Crippen molar-refractivity contribution in [1.82, 2.24) is 20.0 Å². The minimum atomic E-state index is 0. The first-order valence-corrected chi connectivity index (χ1v) is 9.46. The van der Waals surface area contributed by atoms with E-state index in [0.29, 0.717) is 0 Å². The zero-order valence-electron chi connectivity index (χ0n) is 15.5. The van der Waals surface area contributed by atoms with Crippen molar-refractivity contribution < 1.29 is 0 Å². The summed E-state index contributed by atoms with van der Waals surface area (Å²) in [6.07, 6.45) is 6.09. The molecule has 0 aromatic carbocycles. The van der Waals surface area contributed by atoms with E-state index in [-0.39, 0.29) is 24.0 Å². The van der Waals surface area contributed by atoms with Gasteiger partial charge in [-0.05, 0) is 37.1 Å². The highest BCUT2D eigenvalue weighted by molar-refractivity contribution is 14.0. The Hall–Kier alpha value is -1.61. The van der Waals surface area contributed by atoms with Crippen LogP contribution in [-0.2, 0) is 19.4 Å². The molecule has 3 aromatic rings. The Morgan fingerprint density at radius 3 is 2.73 bits per heavy atom. The van der Waals surface area contributed by atoms with Gasteiger partial charge in [0.25, 0.3) is 0 Å². The number of aliphatic imine (C=N–C) groups is 1. The smallest absolute Gasteiger partial charge is 0.191 e. The molecule has 0 bridgehead atoms.